The zero-order chi connectivity index (χ0) is 11.4. The van der Waals surface area contributed by atoms with Gasteiger partial charge in [-0.3, -0.25) is 9.97 Å². The molecule has 1 N–H and O–H groups in total. The van der Waals surface area contributed by atoms with Gasteiger partial charge in [-0.15, -0.1) is 0 Å². The fraction of sp³-hybridized carbons (Fsp3) is 0.636. The van der Waals surface area contributed by atoms with E-state index in [4.69, 9.17) is 4.74 Å². The van der Waals surface area contributed by atoms with Gasteiger partial charge in [-0.1, -0.05) is 0 Å². The minimum absolute atomic E-state index is 0.226. The van der Waals surface area contributed by atoms with Gasteiger partial charge in [0.2, 0.25) is 6.36 Å². The van der Waals surface area contributed by atoms with E-state index in [0.29, 0.717) is 13.2 Å². The second-order valence-electron chi connectivity index (χ2n) is 4.00. The number of ether oxygens (including phenoxy) is 1. The maximum absolute atomic E-state index is 13.3. The molecule has 16 heavy (non-hydrogen) atoms. The molecule has 1 saturated heterocycles. The molecule has 0 aromatic carbocycles. The third kappa shape index (κ3) is 2.96. The van der Waals surface area contributed by atoms with E-state index in [1.54, 1.807) is 12.4 Å². The van der Waals surface area contributed by atoms with Gasteiger partial charge in [0.25, 0.3) is 0 Å². The Morgan fingerprint density at radius 2 is 2.44 bits per heavy atom. The lowest BCUT2D eigenvalue weighted by atomic mass is 10.1. The molecular weight excluding hydrogens is 209 g/mol. The molecule has 0 spiro atoms. The lowest BCUT2D eigenvalue weighted by molar-refractivity contribution is -0.0898. The minimum atomic E-state index is -1.20. The molecule has 5 heteroatoms. The first-order valence-electron chi connectivity index (χ1n) is 5.52. The third-order valence-corrected chi connectivity index (χ3v) is 2.60. The molecule has 1 fully saturated rings. The standard InChI is InChI=1S/C11H16FN3O/c1-8-5-13-6-9(15-8)7-14-10-3-2-4-16-11(10)12/h5-6,10-11,14H,2-4,7H2,1H3. The van der Waals surface area contributed by atoms with Crippen LogP contribution in [0.25, 0.3) is 0 Å². The number of nitrogens with zero attached hydrogens (tertiary/aromatic N) is 2. The molecule has 0 amide bonds. The number of hydrogen-bond acceptors (Lipinski definition) is 4. The van der Waals surface area contributed by atoms with Crippen LogP contribution in [0.2, 0.25) is 0 Å². The average Bonchev–Trinajstić information content (AvgIpc) is 2.28. The molecule has 0 saturated carbocycles. The lowest BCUT2D eigenvalue weighted by Crippen LogP contribution is -2.42. The maximum Gasteiger partial charge on any atom is 0.214 e. The predicted molar refractivity (Wildman–Crippen MR) is 57.5 cm³/mol. The van der Waals surface area contributed by atoms with Gasteiger partial charge in [-0.05, 0) is 19.8 Å². The van der Waals surface area contributed by atoms with Gasteiger partial charge in [-0.2, -0.15) is 0 Å². The fourth-order valence-corrected chi connectivity index (χ4v) is 1.78. The Bertz CT molecular complexity index is 348. The summed E-state index contributed by atoms with van der Waals surface area (Å²) in [5.74, 6) is 0. The molecule has 2 atom stereocenters. The molecule has 1 aliphatic rings. The van der Waals surface area contributed by atoms with Crippen molar-refractivity contribution in [2.45, 2.75) is 38.7 Å². The van der Waals surface area contributed by atoms with Gasteiger partial charge in [-0.25, -0.2) is 4.39 Å². The summed E-state index contributed by atoms with van der Waals surface area (Å²) < 4.78 is 18.2. The highest BCUT2D eigenvalue weighted by molar-refractivity contribution is 5.01. The largest absolute Gasteiger partial charge is 0.347 e. The van der Waals surface area contributed by atoms with Crippen molar-refractivity contribution in [2.24, 2.45) is 0 Å². The van der Waals surface area contributed by atoms with Crippen molar-refractivity contribution in [3.63, 3.8) is 0 Å². The summed E-state index contributed by atoms with van der Waals surface area (Å²) in [6.45, 7) is 2.94. The second-order valence-corrected chi connectivity index (χ2v) is 4.00. The highest BCUT2D eigenvalue weighted by Gasteiger charge is 2.24. The normalized spacial score (nSPS) is 25.6. The van der Waals surface area contributed by atoms with E-state index in [9.17, 15) is 4.39 Å². The van der Waals surface area contributed by atoms with Gasteiger partial charge in [0, 0.05) is 18.9 Å². The van der Waals surface area contributed by atoms with Crippen molar-refractivity contribution in [3.8, 4) is 0 Å². The molecular formula is C11H16FN3O. The first kappa shape index (κ1) is 11.4. The van der Waals surface area contributed by atoms with Crippen LogP contribution in [-0.2, 0) is 11.3 Å². The van der Waals surface area contributed by atoms with Crippen molar-refractivity contribution in [1.82, 2.24) is 15.3 Å². The van der Waals surface area contributed by atoms with Gasteiger partial charge in [0.05, 0.1) is 24.0 Å². The number of alkyl halides is 1. The van der Waals surface area contributed by atoms with Crippen LogP contribution in [0.15, 0.2) is 12.4 Å². The molecule has 0 radical (unpaired) electrons. The average molecular weight is 225 g/mol. The molecule has 4 nitrogen and oxygen atoms in total. The minimum Gasteiger partial charge on any atom is -0.347 e. The first-order chi connectivity index (χ1) is 7.75. The van der Waals surface area contributed by atoms with Crippen LogP contribution in [0.3, 0.4) is 0 Å². The Morgan fingerprint density at radius 1 is 1.56 bits per heavy atom. The molecule has 0 bridgehead atoms. The smallest absolute Gasteiger partial charge is 0.214 e. The second kappa shape index (κ2) is 5.32. The molecule has 1 aromatic rings. The summed E-state index contributed by atoms with van der Waals surface area (Å²) in [5, 5.41) is 3.11. The van der Waals surface area contributed by atoms with Crippen LogP contribution in [0.1, 0.15) is 24.2 Å². The summed E-state index contributed by atoms with van der Waals surface area (Å²) >= 11 is 0. The van der Waals surface area contributed by atoms with E-state index in [2.05, 4.69) is 15.3 Å². The van der Waals surface area contributed by atoms with Gasteiger partial charge < -0.3 is 10.1 Å². The van der Waals surface area contributed by atoms with Crippen LogP contribution >= 0.6 is 0 Å². The molecule has 1 aliphatic heterocycles. The highest BCUT2D eigenvalue weighted by Crippen LogP contribution is 2.15. The highest BCUT2D eigenvalue weighted by atomic mass is 19.1. The summed E-state index contributed by atoms with van der Waals surface area (Å²) in [6.07, 6.45) is 3.90. The van der Waals surface area contributed by atoms with E-state index in [1.807, 2.05) is 6.92 Å². The SMILES string of the molecule is Cc1cncc(CNC2CCCOC2F)n1. The van der Waals surface area contributed by atoms with Gasteiger partial charge in [0.15, 0.2) is 0 Å². The quantitative estimate of drug-likeness (QED) is 0.843. The molecule has 88 valence electrons. The van der Waals surface area contributed by atoms with Gasteiger partial charge in [0.1, 0.15) is 0 Å². The van der Waals surface area contributed by atoms with Crippen molar-refractivity contribution in [3.05, 3.63) is 23.8 Å². The third-order valence-electron chi connectivity index (χ3n) is 2.60. The van der Waals surface area contributed by atoms with Crippen LogP contribution in [0.5, 0.6) is 0 Å². The van der Waals surface area contributed by atoms with Crippen molar-refractivity contribution >= 4 is 0 Å². The van der Waals surface area contributed by atoms with Gasteiger partial charge >= 0.3 is 0 Å². The first-order valence-corrected chi connectivity index (χ1v) is 5.52. The molecule has 0 aliphatic carbocycles. The number of hydrogen-bond donors (Lipinski definition) is 1. The van der Waals surface area contributed by atoms with Crippen LogP contribution < -0.4 is 5.32 Å². The zero-order valence-electron chi connectivity index (χ0n) is 9.32. The topological polar surface area (TPSA) is 47.0 Å². The van der Waals surface area contributed by atoms with Crippen molar-refractivity contribution < 1.29 is 9.13 Å². The zero-order valence-corrected chi connectivity index (χ0v) is 9.32. The van der Waals surface area contributed by atoms with E-state index in [1.165, 1.54) is 0 Å². The Labute approximate surface area is 94.2 Å². The maximum atomic E-state index is 13.3. The van der Waals surface area contributed by atoms with Crippen molar-refractivity contribution in [1.29, 1.82) is 0 Å². The molecule has 2 unspecified atom stereocenters. The Kier molecular flexibility index (Phi) is 3.79. The Hall–Kier alpha value is -1.07. The number of nitrogens with one attached hydrogen (secondary N) is 1. The lowest BCUT2D eigenvalue weighted by Gasteiger charge is -2.26. The van der Waals surface area contributed by atoms with E-state index in [-0.39, 0.29) is 6.04 Å². The number of rotatable bonds is 3. The Morgan fingerprint density at radius 3 is 3.19 bits per heavy atom. The fourth-order valence-electron chi connectivity index (χ4n) is 1.78. The van der Waals surface area contributed by atoms with Crippen LogP contribution in [0, 0.1) is 6.92 Å². The summed E-state index contributed by atoms with van der Waals surface area (Å²) in [4.78, 5) is 8.33. The monoisotopic (exact) mass is 225 g/mol. The van der Waals surface area contributed by atoms with Crippen molar-refractivity contribution in [2.75, 3.05) is 6.61 Å². The van der Waals surface area contributed by atoms with E-state index >= 15 is 0 Å². The van der Waals surface area contributed by atoms with Crippen LogP contribution in [0.4, 0.5) is 4.39 Å². The number of aryl methyl sites for hydroxylation is 1. The summed E-state index contributed by atoms with van der Waals surface area (Å²) in [5.41, 5.74) is 1.70. The number of aromatic nitrogens is 2. The summed E-state index contributed by atoms with van der Waals surface area (Å²) in [7, 11) is 0. The number of halogens is 1. The molecule has 2 heterocycles. The summed E-state index contributed by atoms with van der Waals surface area (Å²) in [6, 6.07) is -0.226. The predicted octanol–water partition coefficient (Wildman–Crippen LogP) is 1.35. The molecule has 1 aromatic heterocycles. The Balaban J connectivity index is 1.86. The van der Waals surface area contributed by atoms with E-state index in [0.717, 1.165) is 24.2 Å². The van der Waals surface area contributed by atoms with Crippen LogP contribution in [-0.4, -0.2) is 29.0 Å². The van der Waals surface area contributed by atoms with E-state index < -0.39 is 6.36 Å². The molecule has 2 rings (SSSR count).